The van der Waals surface area contributed by atoms with Gasteiger partial charge in [-0.15, -0.1) is 0 Å². The SMILES string of the molecule is CC/C(O)=C\C/C=C\C/C=C\CCCCCCCC(=O)O. The van der Waals surface area contributed by atoms with Crippen LogP contribution in [0.15, 0.2) is 36.1 Å². The summed E-state index contributed by atoms with van der Waals surface area (Å²) in [7, 11) is 0. The summed E-state index contributed by atoms with van der Waals surface area (Å²) >= 11 is 0. The van der Waals surface area contributed by atoms with Gasteiger partial charge in [-0.3, -0.25) is 4.79 Å². The Kier molecular flexibility index (Phi) is 13.8. The van der Waals surface area contributed by atoms with Crippen molar-refractivity contribution in [1.29, 1.82) is 0 Å². The Hall–Kier alpha value is -1.51. The average Bonchev–Trinajstić information content (AvgIpc) is 2.46. The van der Waals surface area contributed by atoms with Crippen LogP contribution >= 0.6 is 0 Å². The molecule has 0 radical (unpaired) electrons. The summed E-state index contributed by atoms with van der Waals surface area (Å²) in [6.07, 6.45) is 19.6. The molecule has 0 aromatic carbocycles. The molecule has 3 nitrogen and oxygen atoms in total. The Balaban J connectivity index is 3.33. The van der Waals surface area contributed by atoms with E-state index in [1.54, 1.807) is 0 Å². The van der Waals surface area contributed by atoms with Gasteiger partial charge < -0.3 is 10.2 Å². The Morgan fingerprint density at radius 1 is 0.857 bits per heavy atom. The number of carbonyl (C=O) groups is 1. The lowest BCUT2D eigenvalue weighted by molar-refractivity contribution is -0.137. The summed E-state index contributed by atoms with van der Waals surface area (Å²) < 4.78 is 0. The van der Waals surface area contributed by atoms with Gasteiger partial charge in [-0.2, -0.15) is 0 Å². The summed E-state index contributed by atoms with van der Waals surface area (Å²) in [5.41, 5.74) is 0. The van der Waals surface area contributed by atoms with Gasteiger partial charge in [0.15, 0.2) is 0 Å². The predicted octanol–water partition coefficient (Wildman–Crippen LogP) is 5.55. The third-order valence-electron chi connectivity index (χ3n) is 3.22. The van der Waals surface area contributed by atoms with Gasteiger partial charge in [0.25, 0.3) is 0 Å². The van der Waals surface area contributed by atoms with Crippen molar-refractivity contribution in [1.82, 2.24) is 0 Å². The molecule has 0 heterocycles. The number of unbranched alkanes of at least 4 members (excludes halogenated alkanes) is 5. The molecule has 0 fully saturated rings. The lowest BCUT2D eigenvalue weighted by Gasteiger charge is -1.98. The molecular weight excluding hydrogens is 264 g/mol. The molecular formula is C18H30O3. The molecule has 0 bridgehead atoms. The van der Waals surface area contributed by atoms with Gasteiger partial charge in [-0.1, -0.05) is 50.5 Å². The second-order valence-electron chi connectivity index (χ2n) is 5.16. The molecule has 0 aliphatic rings. The van der Waals surface area contributed by atoms with Crippen LogP contribution in [-0.2, 0) is 4.79 Å². The van der Waals surface area contributed by atoms with Crippen LogP contribution in [0.1, 0.15) is 71.1 Å². The molecule has 0 unspecified atom stereocenters. The maximum absolute atomic E-state index is 10.3. The van der Waals surface area contributed by atoms with E-state index in [1.165, 1.54) is 12.8 Å². The van der Waals surface area contributed by atoms with Crippen molar-refractivity contribution in [3.05, 3.63) is 36.1 Å². The molecule has 0 aromatic rings. The van der Waals surface area contributed by atoms with E-state index in [0.29, 0.717) is 18.6 Å². The minimum Gasteiger partial charge on any atom is -0.513 e. The van der Waals surface area contributed by atoms with Crippen molar-refractivity contribution in [3.8, 4) is 0 Å². The van der Waals surface area contributed by atoms with Gasteiger partial charge in [0.2, 0.25) is 0 Å². The molecule has 0 atom stereocenters. The van der Waals surface area contributed by atoms with Crippen molar-refractivity contribution in [2.75, 3.05) is 0 Å². The Labute approximate surface area is 129 Å². The number of aliphatic hydroxyl groups excluding tert-OH is 1. The molecule has 0 aliphatic carbocycles. The summed E-state index contributed by atoms with van der Waals surface area (Å²) in [6.45, 7) is 1.93. The normalized spacial score (nSPS) is 12.5. The topological polar surface area (TPSA) is 57.5 Å². The summed E-state index contributed by atoms with van der Waals surface area (Å²) in [4.78, 5) is 10.3. The van der Waals surface area contributed by atoms with Crippen molar-refractivity contribution in [2.24, 2.45) is 0 Å². The number of aliphatic carboxylic acids is 1. The molecule has 21 heavy (non-hydrogen) atoms. The second kappa shape index (κ2) is 14.9. The Morgan fingerprint density at radius 3 is 2.19 bits per heavy atom. The molecule has 0 amide bonds. The summed E-state index contributed by atoms with van der Waals surface area (Å²) in [5, 5.41) is 17.7. The maximum atomic E-state index is 10.3. The quantitative estimate of drug-likeness (QED) is 0.266. The fourth-order valence-corrected chi connectivity index (χ4v) is 1.90. The molecule has 0 aromatic heterocycles. The lowest BCUT2D eigenvalue weighted by Crippen LogP contribution is -1.93. The van der Waals surface area contributed by atoms with Crippen LogP contribution in [-0.4, -0.2) is 16.2 Å². The van der Waals surface area contributed by atoms with E-state index < -0.39 is 5.97 Å². The highest BCUT2D eigenvalue weighted by Crippen LogP contribution is 2.07. The number of aliphatic hydroxyl groups is 1. The van der Waals surface area contributed by atoms with Crippen molar-refractivity contribution >= 4 is 5.97 Å². The third kappa shape index (κ3) is 16.4. The van der Waals surface area contributed by atoms with E-state index in [1.807, 2.05) is 13.0 Å². The molecule has 0 spiro atoms. The smallest absolute Gasteiger partial charge is 0.303 e. The number of hydrogen-bond acceptors (Lipinski definition) is 2. The summed E-state index contributed by atoms with van der Waals surface area (Å²) in [6, 6.07) is 0. The average molecular weight is 294 g/mol. The molecule has 3 heteroatoms. The molecule has 120 valence electrons. The highest BCUT2D eigenvalue weighted by atomic mass is 16.4. The second-order valence-corrected chi connectivity index (χ2v) is 5.16. The van der Waals surface area contributed by atoms with E-state index in [9.17, 15) is 9.90 Å². The van der Waals surface area contributed by atoms with Crippen LogP contribution < -0.4 is 0 Å². The zero-order valence-electron chi connectivity index (χ0n) is 13.3. The first-order valence-electron chi connectivity index (χ1n) is 8.06. The van der Waals surface area contributed by atoms with Gasteiger partial charge in [0.1, 0.15) is 0 Å². The van der Waals surface area contributed by atoms with Gasteiger partial charge in [-0.05, 0) is 38.2 Å². The lowest BCUT2D eigenvalue weighted by atomic mass is 10.1. The van der Waals surface area contributed by atoms with E-state index in [-0.39, 0.29) is 0 Å². The first kappa shape index (κ1) is 19.5. The predicted molar refractivity (Wildman–Crippen MR) is 88.5 cm³/mol. The van der Waals surface area contributed by atoms with Gasteiger partial charge >= 0.3 is 5.97 Å². The largest absolute Gasteiger partial charge is 0.513 e. The van der Waals surface area contributed by atoms with Crippen LogP contribution in [0.2, 0.25) is 0 Å². The van der Waals surface area contributed by atoms with Crippen LogP contribution in [0.3, 0.4) is 0 Å². The van der Waals surface area contributed by atoms with E-state index in [2.05, 4.69) is 24.3 Å². The van der Waals surface area contributed by atoms with Crippen LogP contribution in [0, 0.1) is 0 Å². The number of rotatable bonds is 13. The van der Waals surface area contributed by atoms with E-state index in [4.69, 9.17) is 5.11 Å². The minimum absolute atomic E-state index is 0.303. The fourth-order valence-electron chi connectivity index (χ4n) is 1.90. The van der Waals surface area contributed by atoms with Crippen molar-refractivity contribution in [3.63, 3.8) is 0 Å². The van der Waals surface area contributed by atoms with Crippen molar-refractivity contribution < 1.29 is 15.0 Å². The number of allylic oxidation sites excluding steroid dienone is 6. The van der Waals surface area contributed by atoms with Gasteiger partial charge in [0.05, 0.1) is 5.76 Å². The molecule has 2 N–H and O–H groups in total. The molecule has 0 aliphatic heterocycles. The molecule has 0 rings (SSSR count). The first-order chi connectivity index (χ1) is 10.2. The Bertz CT molecular complexity index is 340. The highest BCUT2D eigenvalue weighted by Gasteiger charge is 1.95. The Morgan fingerprint density at radius 2 is 1.48 bits per heavy atom. The zero-order chi connectivity index (χ0) is 15.8. The van der Waals surface area contributed by atoms with E-state index >= 15 is 0 Å². The highest BCUT2D eigenvalue weighted by molar-refractivity contribution is 5.66. The van der Waals surface area contributed by atoms with Crippen LogP contribution in [0.4, 0.5) is 0 Å². The molecule has 0 saturated heterocycles. The first-order valence-corrected chi connectivity index (χ1v) is 8.06. The number of carboxylic acid groups (broad SMARTS) is 1. The fraction of sp³-hybridized carbons (Fsp3) is 0.611. The minimum atomic E-state index is -0.689. The zero-order valence-corrected chi connectivity index (χ0v) is 13.3. The monoisotopic (exact) mass is 294 g/mol. The number of hydrogen-bond donors (Lipinski definition) is 2. The maximum Gasteiger partial charge on any atom is 0.303 e. The van der Waals surface area contributed by atoms with Gasteiger partial charge in [0, 0.05) is 12.8 Å². The summed E-state index contributed by atoms with van der Waals surface area (Å²) in [5.74, 6) is -0.232. The van der Waals surface area contributed by atoms with Gasteiger partial charge in [-0.25, -0.2) is 0 Å². The van der Waals surface area contributed by atoms with E-state index in [0.717, 1.165) is 38.5 Å². The van der Waals surface area contributed by atoms with Crippen molar-refractivity contribution in [2.45, 2.75) is 71.1 Å². The van der Waals surface area contributed by atoms with Crippen LogP contribution in [0.5, 0.6) is 0 Å². The number of carboxylic acids is 1. The third-order valence-corrected chi connectivity index (χ3v) is 3.22. The van der Waals surface area contributed by atoms with Crippen LogP contribution in [0.25, 0.3) is 0 Å². The molecule has 0 saturated carbocycles. The standard InChI is InChI=1S/C18H30O3/c1-2-17(19)15-13-11-9-7-5-3-4-6-8-10-12-14-16-18(20)21/h3,5,9,11,15,19H,2,4,6-8,10,12-14,16H2,1H3,(H,20,21)/b5-3-,11-9-,17-15+.